The van der Waals surface area contributed by atoms with Crippen LogP contribution in [0.1, 0.15) is 21.6 Å². The van der Waals surface area contributed by atoms with Crippen molar-refractivity contribution in [3.63, 3.8) is 0 Å². The van der Waals surface area contributed by atoms with Gasteiger partial charge in [-0.3, -0.25) is 9.78 Å². The third-order valence-electron chi connectivity index (χ3n) is 3.25. The molecular formula is C15H10FN3O3. The quantitative estimate of drug-likeness (QED) is 0.768. The molecule has 0 aliphatic heterocycles. The second-order valence-corrected chi connectivity index (χ2v) is 4.70. The molecular weight excluding hydrogens is 289 g/mol. The van der Waals surface area contributed by atoms with E-state index in [4.69, 9.17) is 5.11 Å². The highest BCUT2D eigenvalue weighted by atomic mass is 19.1. The molecule has 6 nitrogen and oxygen atoms in total. The van der Waals surface area contributed by atoms with Gasteiger partial charge < -0.3 is 5.11 Å². The minimum Gasteiger partial charge on any atom is -0.478 e. The lowest BCUT2D eigenvalue weighted by atomic mass is 10.0. The monoisotopic (exact) mass is 299 g/mol. The molecule has 0 aliphatic rings. The Morgan fingerprint density at radius 3 is 2.91 bits per heavy atom. The number of benzene rings is 1. The Bertz CT molecular complexity index is 937. The zero-order chi connectivity index (χ0) is 15.7. The second-order valence-electron chi connectivity index (χ2n) is 4.70. The summed E-state index contributed by atoms with van der Waals surface area (Å²) in [5, 5.41) is 15.7. The maximum Gasteiger partial charge on any atom is 0.338 e. The molecule has 0 saturated carbocycles. The van der Waals surface area contributed by atoms with Gasteiger partial charge in [-0.05, 0) is 29.8 Å². The van der Waals surface area contributed by atoms with Gasteiger partial charge in [-0.15, -0.1) is 0 Å². The van der Waals surface area contributed by atoms with Crippen molar-refractivity contribution in [2.75, 3.05) is 0 Å². The van der Waals surface area contributed by atoms with Gasteiger partial charge in [-0.2, -0.15) is 5.10 Å². The summed E-state index contributed by atoms with van der Waals surface area (Å²) in [6.07, 6.45) is 1.77. The first-order valence-electron chi connectivity index (χ1n) is 6.40. The van der Waals surface area contributed by atoms with Crippen molar-refractivity contribution in [1.29, 1.82) is 0 Å². The van der Waals surface area contributed by atoms with E-state index in [-0.39, 0.29) is 12.0 Å². The number of fused-ring (bicyclic) bond motifs is 1. The Balaban J connectivity index is 2.08. The smallest absolute Gasteiger partial charge is 0.338 e. The number of aromatic nitrogens is 3. The molecule has 0 radical (unpaired) electrons. The maximum atomic E-state index is 13.4. The Labute approximate surface area is 123 Å². The number of H-pyrrole nitrogens is 1. The highest BCUT2D eigenvalue weighted by molar-refractivity contribution is 5.88. The number of rotatable bonds is 3. The summed E-state index contributed by atoms with van der Waals surface area (Å²) < 4.78 is 13.4. The van der Waals surface area contributed by atoms with Crippen LogP contribution in [0.25, 0.3) is 10.9 Å². The van der Waals surface area contributed by atoms with Gasteiger partial charge in [0, 0.05) is 12.6 Å². The van der Waals surface area contributed by atoms with Crippen LogP contribution < -0.4 is 5.56 Å². The molecule has 0 saturated heterocycles. The largest absolute Gasteiger partial charge is 0.478 e. The second kappa shape index (κ2) is 5.36. The number of nitrogens with zero attached hydrogens (tertiary/aromatic N) is 2. The summed E-state index contributed by atoms with van der Waals surface area (Å²) in [7, 11) is 0. The van der Waals surface area contributed by atoms with E-state index in [2.05, 4.69) is 15.2 Å². The van der Waals surface area contributed by atoms with Crippen LogP contribution in [0.5, 0.6) is 0 Å². The Morgan fingerprint density at radius 2 is 2.14 bits per heavy atom. The predicted octanol–water partition coefficient (Wildman–Crippen LogP) is 1.75. The summed E-state index contributed by atoms with van der Waals surface area (Å²) in [4.78, 5) is 26.8. The van der Waals surface area contributed by atoms with Crippen molar-refractivity contribution in [2.45, 2.75) is 6.42 Å². The van der Waals surface area contributed by atoms with E-state index in [9.17, 15) is 14.0 Å². The topological polar surface area (TPSA) is 95.9 Å². The van der Waals surface area contributed by atoms with E-state index in [0.717, 1.165) is 6.07 Å². The lowest BCUT2D eigenvalue weighted by Crippen LogP contribution is -2.12. The van der Waals surface area contributed by atoms with Crippen LogP contribution in [0.3, 0.4) is 0 Å². The highest BCUT2D eigenvalue weighted by Gasteiger charge is 2.13. The first-order valence-corrected chi connectivity index (χ1v) is 6.40. The van der Waals surface area contributed by atoms with Crippen LogP contribution in [0.4, 0.5) is 4.39 Å². The van der Waals surface area contributed by atoms with Gasteiger partial charge >= 0.3 is 5.97 Å². The fourth-order valence-corrected chi connectivity index (χ4v) is 2.21. The summed E-state index contributed by atoms with van der Waals surface area (Å²) >= 11 is 0. The number of hydrogen-bond donors (Lipinski definition) is 2. The Hall–Kier alpha value is -3.09. The molecule has 1 aromatic carbocycles. The number of carboxylic acid groups (broad SMARTS) is 1. The third kappa shape index (κ3) is 2.44. The number of carboxylic acids is 1. The van der Waals surface area contributed by atoms with Gasteiger partial charge in [0.15, 0.2) is 0 Å². The van der Waals surface area contributed by atoms with Crippen LogP contribution in [-0.2, 0) is 6.42 Å². The SMILES string of the molecule is O=C(O)c1cc(Cc2n[nH]c(=O)c3cccnc23)ccc1F. The van der Waals surface area contributed by atoms with Crippen LogP contribution >= 0.6 is 0 Å². The predicted molar refractivity (Wildman–Crippen MR) is 76.3 cm³/mol. The van der Waals surface area contributed by atoms with Crippen LogP contribution in [0.15, 0.2) is 41.3 Å². The van der Waals surface area contributed by atoms with E-state index in [1.165, 1.54) is 12.1 Å². The molecule has 0 fully saturated rings. The first-order chi connectivity index (χ1) is 10.6. The first kappa shape index (κ1) is 13.9. The van der Waals surface area contributed by atoms with Crippen LogP contribution in [0.2, 0.25) is 0 Å². The number of pyridine rings is 1. The molecule has 2 N–H and O–H groups in total. The molecule has 3 aromatic rings. The lowest BCUT2D eigenvalue weighted by Gasteiger charge is -2.05. The highest BCUT2D eigenvalue weighted by Crippen LogP contribution is 2.17. The maximum absolute atomic E-state index is 13.4. The van der Waals surface area contributed by atoms with E-state index >= 15 is 0 Å². The number of nitrogens with one attached hydrogen (secondary N) is 1. The van der Waals surface area contributed by atoms with Gasteiger partial charge in [-0.25, -0.2) is 14.3 Å². The number of hydrogen-bond acceptors (Lipinski definition) is 4. The number of aromatic carboxylic acids is 1. The van der Waals surface area contributed by atoms with Crippen molar-refractivity contribution in [3.8, 4) is 0 Å². The van der Waals surface area contributed by atoms with E-state index in [1.54, 1.807) is 18.3 Å². The zero-order valence-corrected chi connectivity index (χ0v) is 11.2. The molecule has 0 amide bonds. The molecule has 22 heavy (non-hydrogen) atoms. The number of carbonyl (C=O) groups is 1. The van der Waals surface area contributed by atoms with Crippen molar-refractivity contribution in [1.82, 2.24) is 15.2 Å². The molecule has 0 aliphatic carbocycles. The summed E-state index contributed by atoms with van der Waals surface area (Å²) in [5.41, 5.74) is 0.729. The summed E-state index contributed by atoms with van der Waals surface area (Å²) in [6.45, 7) is 0. The average molecular weight is 299 g/mol. The fourth-order valence-electron chi connectivity index (χ4n) is 2.21. The van der Waals surface area contributed by atoms with E-state index in [1.807, 2.05) is 0 Å². The molecule has 2 heterocycles. The van der Waals surface area contributed by atoms with Crippen molar-refractivity contribution >= 4 is 16.9 Å². The van der Waals surface area contributed by atoms with Gasteiger partial charge in [-0.1, -0.05) is 6.07 Å². The zero-order valence-electron chi connectivity index (χ0n) is 11.2. The minimum atomic E-state index is -1.34. The molecule has 2 aromatic heterocycles. The van der Waals surface area contributed by atoms with Crippen molar-refractivity contribution in [3.05, 3.63) is 69.5 Å². The van der Waals surface area contributed by atoms with Crippen molar-refractivity contribution < 1.29 is 14.3 Å². The van der Waals surface area contributed by atoms with Crippen molar-refractivity contribution in [2.24, 2.45) is 0 Å². The molecule has 3 rings (SSSR count). The average Bonchev–Trinajstić information content (AvgIpc) is 2.52. The molecule has 0 unspecified atom stereocenters. The van der Waals surface area contributed by atoms with Gasteiger partial charge in [0.25, 0.3) is 5.56 Å². The number of aromatic amines is 1. The number of halogens is 1. The van der Waals surface area contributed by atoms with Crippen LogP contribution in [0, 0.1) is 5.82 Å². The van der Waals surface area contributed by atoms with Gasteiger partial charge in [0.1, 0.15) is 5.82 Å². The summed E-state index contributed by atoms with van der Waals surface area (Å²) in [6, 6.07) is 7.09. The Morgan fingerprint density at radius 1 is 1.32 bits per heavy atom. The molecule has 7 heteroatoms. The summed E-state index contributed by atoms with van der Waals surface area (Å²) in [5.74, 6) is -2.13. The Kier molecular flexibility index (Phi) is 3.38. The lowest BCUT2D eigenvalue weighted by molar-refractivity contribution is 0.0691. The van der Waals surface area contributed by atoms with E-state index in [0.29, 0.717) is 22.2 Å². The van der Waals surface area contributed by atoms with E-state index < -0.39 is 17.3 Å². The standard InChI is InChI=1S/C15H10FN3O3/c16-11-4-3-8(6-10(11)15(21)22)7-12-13-9(2-1-5-17-13)14(20)19-18-12/h1-6H,7H2,(H,19,20)(H,21,22). The van der Waals surface area contributed by atoms with Gasteiger partial charge in [0.05, 0.1) is 22.2 Å². The van der Waals surface area contributed by atoms with Crippen LogP contribution in [-0.4, -0.2) is 26.3 Å². The molecule has 110 valence electrons. The minimum absolute atomic E-state index is 0.227. The third-order valence-corrected chi connectivity index (χ3v) is 3.25. The fraction of sp³-hybridized carbons (Fsp3) is 0.0667. The molecule has 0 spiro atoms. The molecule has 0 bridgehead atoms. The normalized spacial score (nSPS) is 10.8. The molecule has 0 atom stereocenters. The van der Waals surface area contributed by atoms with Gasteiger partial charge in [0.2, 0.25) is 0 Å².